The number of benzene rings is 1. The molecule has 1 heterocycles. The van der Waals surface area contributed by atoms with Gasteiger partial charge in [0.05, 0.1) is 6.04 Å². The van der Waals surface area contributed by atoms with Gasteiger partial charge in [-0.1, -0.05) is 0 Å². The number of carbonyl (C=O) groups is 1. The van der Waals surface area contributed by atoms with E-state index in [1.165, 1.54) is 12.1 Å². The molecule has 1 fully saturated rings. The molecule has 0 bridgehead atoms. The van der Waals surface area contributed by atoms with Gasteiger partial charge >= 0.3 is 0 Å². The van der Waals surface area contributed by atoms with E-state index >= 15 is 0 Å². The lowest BCUT2D eigenvalue weighted by atomic mass is 9.97. The molecule has 14 heavy (non-hydrogen) atoms. The third kappa shape index (κ3) is 1.19. The number of halogens is 1. The van der Waals surface area contributed by atoms with Crippen LogP contribution in [0.2, 0.25) is 0 Å². The van der Waals surface area contributed by atoms with Crippen molar-refractivity contribution in [3.05, 3.63) is 30.1 Å². The average Bonchev–Trinajstić information content (AvgIpc) is 2.21. The lowest BCUT2D eigenvalue weighted by Crippen LogP contribution is -2.67. The zero-order valence-electron chi connectivity index (χ0n) is 7.77. The third-order valence-corrected chi connectivity index (χ3v) is 2.55. The lowest BCUT2D eigenvalue weighted by molar-refractivity contribution is -0.125. The highest BCUT2D eigenvalue weighted by Gasteiger charge is 2.42. The van der Waals surface area contributed by atoms with Crippen LogP contribution in [0, 0.1) is 5.82 Å². The Labute approximate surface area is 81.3 Å². The molecule has 1 aromatic rings. The van der Waals surface area contributed by atoms with E-state index in [1.54, 1.807) is 17.0 Å². The van der Waals surface area contributed by atoms with Crippen molar-refractivity contribution in [1.29, 1.82) is 0 Å². The number of hydrogen-bond acceptors (Lipinski definition) is 2. The maximum Gasteiger partial charge on any atom is 0.246 e. The minimum atomic E-state index is -0.417. The van der Waals surface area contributed by atoms with E-state index in [0.29, 0.717) is 5.69 Å². The van der Waals surface area contributed by atoms with E-state index in [1.807, 2.05) is 6.92 Å². The van der Waals surface area contributed by atoms with Crippen LogP contribution in [0.15, 0.2) is 24.3 Å². The number of β-lactam (4-membered cyclic amide) rings is 1. The monoisotopic (exact) mass is 194 g/mol. The van der Waals surface area contributed by atoms with Gasteiger partial charge in [0.2, 0.25) is 5.91 Å². The summed E-state index contributed by atoms with van der Waals surface area (Å²) < 4.78 is 12.6. The molecule has 1 amide bonds. The molecule has 0 aromatic heterocycles. The van der Waals surface area contributed by atoms with Crippen molar-refractivity contribution in [2.45, 2.75) is 19.0 Å². The summed E-state index contributed by atoms with van der Waals surface area (Å²) in [6, 6.07) is 5.40. The number of anilines is 1. The first-order chi connectivity index (χ1) is 6.61. The summed E-state index contributed by atoms with van der Waals surface area (Å²) in [5.74, 6) is -0.414. The SMILES string of the molecule is C[C@@H]1[C@@H](N)C(=O)N1c1ccc(F)cc1. The van der Waals surface area contributed by atoms with E-state index in [2.05, 4.69) is 0 Å². The highest BCUT2D eigenvalue weighted by Crippen LogP contribution is 2.26. The van der Waals surface area contributed by atoms with Crippen LogP contribution < -0.4 is 10.6 Å². The molecule has 1 saturated heterocycles. The molecule has 0 spiro atoms. The Balaban J connectivity index is 2.25. The zero-order chi connectivity index (χ0) is 10.3. The number of hydrogen-bond donors (Lipinski definition) is 1. The summed E-state index contributed by atoms with van der Waals surface area (Å²) in [5.41, 5.74) is 6.26. The summed E-state index contributed by atoms with van der Waals surface area (Å²) in [4.78, 5) is 12.9. The van der Waals surface area contributed by atoms with Gasteiger partial charge in [-0.15, -0.1) is 0 Å². The Morgan fingerprint density at radius 2 is 1.93 bits per heavy atom. The second-order valence-electron chi connectivity index (χ2n) is 3.45. The Morgan fingerprint density at radius 3 is 2.43 bits per heavy atom. The van der Waals surface area contributed by atoms with E-state index in [4.69, 9.17) is 5.73 Å². The van der Waals surface area contributed by atoms with Crippen molar-refractivity contribution >= 4 is 11.6 Å². The molecule has 3 nitrogen and oxygen atoms in total. The average molecular weight is 194 g/mol. The fourth-order valence-corrected chi connectivity index (χ4v) is 1.61. The molecule has 0 unspecified atom stereocenters. The minimum Gasteiger partial charge on any atom is -0.318 e. The summed E-state index contributed by atoms with van der Waals surface area (Å²) in [6.07, 6.45) is 0. The van der Waals surface area contributed by atoms with Crippen LogP contribution >= 0.6 is 0 Å². The summed E-state index contributed by atoms with van der Waals surface area (Å²) in [6.45, 7) is 1.87. The molecule has 74 valence electrons. The smallest absolute Gasteiger partial charge is 0.246 e. The molecule has 0 radical (unpaired) electrons. The lowest BCUT2D eigenvalue weighted by Gasteiger charge is -2.43. The van der Waals surface area contributed by atoms with Crippen LogP contribution in [0.5, 0.6) is 0 Å². The minimum absolute atomic E-state index is 0.00652. The van der Waals surface area contributed by atoms with Gasteiger partial charge < -0.3 is 10.6 Å². The molecule has 0 saturated carbocycles. The summed E-state index contributed by atoms with van der Waals surface area (Å²) in [5, 5.41) is 0. The highest BCUT2D eigenvalue weighted by molar-refractivity contribution is 6.05. The second kappa shape index (κ2) is 3.06. The molecule has 1 aromatic carbocycles. The predicted octanol–water partition coefficient (Wildman–Crippen LogP) is 0.888. The van der Waals surface area contributed by atoms with Gasteiger partial charge in [-0.3, -0.25) is 4.79 Å². The first-order valence-corrected chi connectivity index (χ1v) is 4.45. The van der Waals surface area contributed by atoms with E-state index in [9.17, 15) is 9.18 Å². The fourth-order valence-electron chi connectivity index (χ4n) is 1.61. The number of nitrogens with two attached hydrogens (primary N) is 1. The van der Waals surface area contributed by atoms with E-state index in [-0.39, 0.29) is 17.8 Å². The molecular weight excluding hydrogens is 183 g/mol. The standard InChI is InChI=1S/C10H11FN2O/c1-6-9(12)10(14)13(6)8-4-2-7(11)3-5-8/h2-6,9H,12H2,1H3/t6-,9-/m1/s1. The first kappa shape index (κ1) is 9.15. The molecule has 0 aliphatic carbocycles. The molecule has 2 rings (SSSR count). The molecule has 4 heteroatoms. The van der Waals surface area contributed by atoms with Gasteiger partial charge in [0, 0.05) is 5.69 Å². The Morgan fingerprint density at radius 1 is 1.36 bits per heavy atom. The normalized spacial score (nSPS) is 26.2. The van der Waals surface area contributed by atoms with Gasteiger partial charge in [0.15, 0.2) is 0 Å². The fraction of sp³-hybridized carbons (Fsp3) is 0.300. The van der Waals surface area contributed by atoms with Crippen LogP contribution in [0.1, 0.15) is 6.92 Å². The van der Waals surface area contributed by atoms with Crippen LogP contribution in [0.3, 0.4) is 0 Å². The van der Waals surface area contributed by atoms with E-state index in [0.717, 1.165) is 0 Å². The molecule has 2 atom stereocenters. The van der Waals surface area contributed by atoms with Crippen LogP contribution in [-0.2, 0) is 4.79 Å². The van der Waals surface area contributed by atoms with Gasteiger partial charge in [-0.25, -0.2) is 4.39 Å². The van der Waals surface area contributed by atoms with Crippen molar-refractivity contribution in [1.82, 2.24) is 0 Å². The van der Waals surface area contributed by atoms with Crippen molar-refractivity contribution in [2.24, 2.45) is 5.73 Å². The topological polar surface area (TPSA) is 46.3 Å². The van der Waals surface area contributed by atoms with Crippen molar-refractivity contribution in [3.8, 4) is 0 Å². The van der Waals surface area contributed by atoms with Gasteiger partial charge in [0.25, 0.3) is 0 Å². The van der Waals surface area contributed by atoms with Gasteiger partial charge in [0.1, 0.15) is 11.9 Å². The molecule has 1 aliphatic rings. The second-order valence-corrected chi connectivity index (χ2v) is 3.45. The predicted molar refractivity (Wildman–Crippen MR) is 51.3 cm³/mol. The van der Waals surface area contributed by atoms with Crippen molar-refractivity contribution < 1.29 is 9.18 Å². The molecule has 1 aliphatic heterocycles. The summed E-state index contributed by atoms with van der Waals surface area (Å²) in [7, 11) is 0. The Kier molecular flexibility index (Phi) is 2.00. The van der Waals surface area contributed by atoms with Crippen molar-refractivity contribution in [3.63, 3.8) is 0 Å². The van der Waals surface area contributed by atoms with E-state index < -0.39 is 6.04 Å². The van der Waals surface area contributed by atoms with Crippen LogP contribution in [0.4, 0.5) is 10.1 Å². The molecular formula is C10H11FN2O. The number of nitrogens with zero attached hydrogens (tertiary/aromatic N) is 1. The highest BCUT2D eigenvalue weighted by atomic mass is 19.1. The molecule has 2 N–H and O–H groups in total. The maximum atomic E-state index is 12.6. The van der Waals surface area contributed by atoms with Crippen molar-refractivity contribution in [2.75, 3.05) is 4.90 Å². The third-order valence-electron chi connectivity index (χ3n) is 2.55. The largest absolute Gasteiger partial charge is 0.318 e. The Hall–Kier alpha value is -1.42. The van der Waals surface area contributed by atoms with Gasteiger partial charge in [-0.05, 0) is 31.2 Å². The quantitative estimate of drug-likeness (QED) is 0.675. The number of carbonyl (C=O) groups excluding carboxylic acids is 1. The number of amides is 1. The summed E-state index contributed by atoms with van der Waals surface area (Å²) >= 11 is 0. The zero-order valence-corrected chi connectivity index (χ0v) is 7.77. The van der Waals surface area contributed by atoms with Crippen LogP contribution in [0.25, 0.3) is 0 Å². The number of rotatable bonds is 1. The first-order valence-electron chi connectivity index (χ1n) is 4.45. The Bertz CT molecular complexity index is 363. The van der Waals surface area contributed by atoms with Gasteiger partial charge in [-0.2, -0.15) is 0 Å². The van der Waals surface area contributed by atoms with Crippen LogP contribution in [-0.4, -0.2) is 18.0 Å². The maximum absolute atomic E-state index is 12.6.